The van der Waals surface area contributed by atoms with Gasteiger partial charge in [0.1, 0.15) is 5.69 Å². The predicted molar refractivity (Wildman–Crippen MR) is 137 cm³/mol. The van der Waals surface area contributed by atoms with E-state index in [1.54, 1.807) is 6.21 Å². The van der Waals surface area contributed by atoms with Gasteiger partial charge in [0.15, 0.2) is 0 Å². The molecule has 5 nitrogen and oxygen atoms in total. The van der Waals surface area contributed by atoms with E-state index in [0.717, 1.165) is 27.0 Å². The third kappa shape index (κ3) is 5.46. The number of amides is 1. The lowest BCUT2D eigenvalue weighted by Crippen LogP contribution is -2.18. The second kappa shape index (κ2) is 9.55. The molecule has 0 radical (unpaired) electrons. The van der Waals surface area contributed by atoms with Gasteiger partial charge in [-0.2, -0.15) is 10.2 Å². The number of para-hydroxylation sites is 1. The van der Waals surface area contributed by atoms with E-state index in [1.807, 2.05) is 89.7 Å². The minimum Gasteiger partial charge on any atom is -0.267 e. The number of benzene rings is 3. The van der Waals surface area contributed by atoms with Gasteiger partial charge in [-0.25, -0.2) is 10.1 Å². The third-order valence-corrected chi connectivity index (χ3v) is 5.79. The predicted octanol–water partition coefficient (Wildman–Crippen LogP) is 6.36. The average molecular weight is 501 g/mol. The molecule has 0 aliphatic rings. The smallest absolute Gasteiger partial charge is 0.267 e. The maximum absolute atomic E-state index is 12.6. The Labute approximate surface area is 202 Å². The molecule has 3 aromatic carbocycles. The second-order valence-corrected chi connectivity index (χ2v) is 9.66. The first kappa shape index (κ1) is 22.7. The SMILES string of the molecule is CC(C)(C)c1ccc(C(=O)N/N=C\c2cn(-c3ccccc3)nc2-c2ccc(Br)cc2)cc1. The Hall–Kier alpha value is -3.51. The van der Waals surface area contributed by atoms with Gasteiger partial charge >= 0.3 is 0 Å². The number of hydrogen-bond donors (Lipinski definition) is 1. The van der Waals surface area contributed by atoms with Crippen LogP contribution in [0.4, 0.5) is 0 Å². The van der Waals surface area contributed by atoms with Crippen molar-refractivity contribution in [1.82, 2.24) is 15.2 Å². The first-order valence-corrected chi connectivity index (χ1v) is 11.5. The summed E-state index contributed by atoms with van der Waals surface area (Å²) in [6.07, 6.45) is 3.53. The van der Waals surface area contributed by atoms with Crippen LogP contribution in [0.15, 0.2) is 94.6 Å². The summed E-state index contributed by atoms with van der Waals surface area (Å²) in [5.74, 6) is -0.257. The number of nitrogens with one attached hydrogen (secondary N) is 1. The average Bonchev–Trinajstić information content (AvgIpc) is 3.24. The van der Waals surface area contributed by atoms with Crippen LogP contribution in [0.2, 0.25) is 0 Å². The summed E-state index contributed by atoms with van der Waals surface area (Å²) in [4.78, 5) is 12.6. The zero-order valence-electron chi connectivity index (χ0n) is 18.8. The molecule has 0 aliphatic carbocycles. The van der Waals surface area contributed by atoms with Gasteiger partial charge in [-0.3, -0.25) is 4.79 Å². The molecule has 0 spiro atoms. The molecule has 1 heterocycles. The molecule has 1 amide bonds. The largest absolute Gasteiger partial charge is 0.271 e. The minimum absolute atomic E-state index is 0.0372. The van der Waals surface area contributed by atoms with Crippen molar-refractivity contribution in [2.24, 2.45) is 5.10 Å². The molecule has 0 atom stereocenters. The zero-order chi connectivity index (χ0) is 23.4. The van der Waals surface area contributed by atoms with Crippen molar-refractivity contribution in [1.29, 1.82) is 0 Å². The Kier molecular flexibility index (Phi) is 6.56. The lowest BCUT2D eigenvalue weighted by molar-refractivity contribution is 0.0955. The molecule has 0 saturated carbocycles. The summed E-state index contributed by atoms with van der Waals surface area (Å²) in [6, 6.07) is 25.4. The molecule has 4 rings (SSSR count). The molecule has 33 heavy (non-hydrogen) atoms. The van der Waals surface area contributed by atoms with Crippen molar-refractivity contribution in [2.75, 3.05) is 0 Å². The van der Waals surface area contributed by atoms with E-state index in [2.05, 4.69) is 47.2 Å². The first-order valence-electron chi connectivity index (χ1n) is 10.7. The van der Waals surface area contributed by atoms with Crippen molar-refractivity contribution in [2.45, 2.75) is 26.2 Å². The van der Waals surface area contributed by atoms with Gasteiger partial charge in [0.2, 0.25) is 0 Å². The molecule has 6 heteroatoms. The molecule has 166 valence electrons. The molecular weight excluding hydrogens is 476 g/mol. The van der Waals surface area contributed by atoms with E-state index in [0.29, 0.717) is 5.56 Å². The van der Waals surface area contributed by atoms with E-state index in [-0.39, 0.29) is 11.3 Å². The van der Waals surface area contributed by atoms with Crippen molar-refractivity contribution in [3.63, 3.8) is 0 Å². The minimum atomic E-state index is -0.257. The van der Waals surface area contributed by atoms with E-state index in [1.165, 1.54) is 5.56 Å². The van der Waals surface area contributed by atoms with Crippen LogP contribution in [0.25, 0.3) is 16.9 Å². The van der Waals surface area contributed by atoms with Gasteiger partial charge in [-0.15, -0.1) is 0 Å². The fourth-order valence-electron chi connectivity index (χ4n) is 3.37. The molecule has 1 N–H and O–H groups in total. The quantitative estimate of drug-likeness (QED) is 0.256. The van der Waals surface area contributed by atoms with Crippen LogP contribution in [0.1, 0.15) is 42.3 Å². The van der Waals surface area contributed by atoms with Crippen LogP contribution in [0.3, 0.4) is 0 Å². The number of aromatic nitrogens is 2. The Balaban J connectivity index is 1.58. The molecule has 0 bridgehead atoms. The fraction of sp³-hybridized carbons (Fsp3) is 0.148. The van der Waals surface area contributed by atoms with Crippen LogP contribution >= 0.6 is 15.9 Å². The zero-order valence-corrected chi connectivity index (χ0v) is 20.4. The number of halogens is 1. The molecule has 0 aliphatic heterocycles. The van der Waals surface area contributed by atoms with Crippen LogP contribution in [0.5, 0.6) is 0 Å². The summed E-state index contributed by atoms with van der Waals surface area (Å²) < 4.78 is 2.81. The maximum Gasteiger partial charge on any atom is 0.271 e. The number of hydrogen-bond acceptors (Lipinski definition) is 3. The summed E-state index contributed by atoms with van der Waals surface area (Å²) in [5, 5.41) is 8.98. The lowest BCUT2D eigenvalue weighted by atomic mass is 9.87. The summed E-state index contributed by atoms with van der Waals surface area (Å²) in [6.45, 7) is 6.43. The van der Waals surface area contributed by atoms with Gasteiger partial charge in [-0.1, -0.05) is 79.2 Å². The van der Waals surface area contributed by atoms with Crippen molar-refractivity contribution < 1.29 is 4.79 Å². The topological polar surface area (TPSA) is 59.3 Å². The van der Waals surface area contributed by atoms with E-state index in [9.17, 15) is 4.79 Å². The first-order chi connectivity index (χ1) is 15.8. The second-order valence-electron chi connectivity index (χ2n) is 8.75. The van der Waals surface area contributed by atoms with Crippen molar-refractivity contribution in [3.05, 3.63) is 106 Å². The van der Waals surface area contributed by atoms with Crippen molar-refractivity contribution >= 4 is 28.1 Å². The fourth-order valence-corrected chi connectivity index (χ4v) is 3.64. The monoisotopic (exact) mass is 500 g/mol. The molecule has 0 unspecified atom stereocenters. The lowest BCUT2D eigenvalue weighted by Gasteiger charge is -2.18. The Morgan fingerprint density at radius 3 is 2.27 bits per heavy atom. The number of carbonyl (C=O) groups is 1. The van der Waals surface area contributed by atoms with Crippen LogP contribution < -0.4 is 5.43 Å². The molecule has 0 fully saturated rings. The van der Waals surface area contributed by atoms with Gasteiger partial charge in [0, 0.05) is 27.4 Å². The van der Waals surface area contributed by atoms with Gasteiger partial charge in [-0.05, 0) is 47.4 Å². The number of rotatable bonds is 5. The number of carbonyl (C=O) groups excluding carboxylic acids is 1. The van der Waals surface area contributed by atoms with Gasteiger partial charge < -0.3 is 0 Å². The van der Waals surface area contributed by atoms with E-state index < -0.39 is 0 Å². The van der Waals surface area contributed by atoms with E-state index in [4.69, 9.17) is 5.10 Å². The normalized spacial score (nSPS) is 11.6. The Morgan fingerprint density at radius 1 is 0.970 bits per heavy atom. The highest BCUT2D eigenvalue weighted by Crippen LogP contribution is 2.25. The van der Waals surface area contributed by atoms with Crippen LogP contribution in [-0.2, 0) is 5.41 Å². The summed E-state index contributed by atoms with van der Waals surface area (Å²) >= 11 is 3.47. The summed E-state index contributed by atoms with van der Waals surface area (Å²) in [5.41, 5.74) is 7.88. The van der Waals surface area contributed by atoms with Gasteiger partial charge in [0.05, 0.1) is 11.9 Å². The molecule has 1 aromatic heterocycles. The van der Waals surface area contributed by atoms with Crippen LogP contribution in [-0.4, -0.2) is 21.9 Å². The number of hydrazone groups is 1. The standard InChI is InChI=1S/C27H25BrN4O/c1-27(2,3)22-13-9-20(10-14-22)26(33)30-29-17-21-18-32(24-7-5-4-6-8-24)31-25(21)19-11-15-23(28)16-12-19/h4-18H,1-3H3,(H,30,33)/b29-17-. The number of nitrogens with zero attached hydrogens (tertiary/aromatic N) is 3. The van der Waals surface area contributed by atoms with Crippen molar-refractivity contribution in [3.8, 4) is 16.9 Å². The maximum atomic E-state index is 12.6. The van der Waals surface area contributed by atoms with Crippen LogP contribution in [0, 0.1) is 0 Å². The summed E-state index contributed by atoms with van der Waals surface area (Å²) in [7, 11) is 0. The molecular formula is C27H25BrN4O. The molecule has 0 saturated heterocycles. The highest BCUT2D eigenvalue weighted by atomic mass is 79.9. The molecule has 4 aromatic rings. The Morgan fingerprint density at radius 2 is 1.64 bits per heavy atom. The van der Waals surface area contributed by atoms with Gasteiger partial charge in [0.25, 0.3) is 5.91 Å². The van der Waals surface area contributed by atoms with E-state index >= 15 is 0 Å². The highest BCUT2D eigenvalue weighted by Gasteiger charge is 2.14. The third-order valence-electron chi connectivity index (χ3n) is 5.26. The Bertz CT molecular complexity index is 1270. The highest BCUT2D eigenvalue weighted by molar-refractivity contribution is 9.10.